The fourth-order valence-corrected chi connectivity index (χ4v) is 1.43. The lowest BCUT2D eigenvalue weighted by Gasteiger charge is -2.03. The summed E-state index contributed by atoms with van der Waals surface area (Å²) in [4.78, 5) is 11.3. The first-order valence-electron chi connectivity index (χ1n) is 4.99. The minimum absolute atomic E-state index is 0.171. The highest BCUT2D eigenvalue weighted by atomic mass is 16.5. The van der Waals surface area contributed by atoms with Crippen LogP contribution in [0.1, 0.15) is 18.2 Å². The topological polar surface area (TPSA) is 62.8 Å². The van der Waals surface area contributed by atoms with Crippen molar-refractivity contribution in [2.75, 3.05) is 6.61 Å². The van der Waals surface area contributed by atoms with Crippen molar-refractivity contribution in [3.05, 3.63) is 29.6 Å². The lowest BCUT2D eigenvalue weighted by Crippen LogP contribution is -2.34. The van der Waals surface area contributed by atoms with Crippen LogP contribution in [-0.2, 0) is 23.0 Å². The molecule has 0 aliphatic rings. The molecule has 0 fully saturated rings. The molecule has 1 aromatic rings. The van der Waals surface area contributed by atoms with E-state index in [-0.39, 0.29) is 12.4 Å². The fourth-order valence-electron chi connectivity index (χ4n) is 1.43. The van der Waals surface area contributed by atoms with E-state index < -0.39 is 0 Å². The van der Waals surface area contributed by atoms with Gasteiger partial charge in [0.05, 0.1) is 13.0 Å². The monoisotopic (exact) mass is 223 g/mol. The lowest BCUT2D eigenvalue weighted by atomic mass is 10.1. The van der Waals surface area contributed by atoms with Crippen LogP contribution < -0.4 is 4.57 Å². The van der Waals surface area contributed by atoms with Gasteiger partial charge in [-0.15, -0.1) is 0 Å². The number of aryl methyl sites for hydroxylation is 1. The van der Waals surface area contributed by atoms with Crippen molar-refractivity contribution in [1.82, 2.24) is 0 Å². The van der Waals surface area contributed by atoms with E-state index in [0.29, 0.717) is 12.3 Å². The smallest absolute Gasteiger partial charge is 0.310 e. The van der Waals surface area contributed by atoms with Crippen LogP contribution in [0.4, 0.5) is 0 Å². The SMILES string of the molecule is CCOC(=O)Cc1ccc[n+](C)c1/C=N/O. The van der Waals surface area contributed by atoms with Gasteiger partial charge in [-0.3, -0.25) is 4.79 Å². The summed E-state index contributed by atoms with van der Waals surface area (Å²) in [5, 5.41) is 11.5. The van der Waals surface area contributed by atoms with Crippen LogP contribution in [0.3, 0.4) is 0 Å². The molecule has 5 nitrogen and oxygen atoms in total. The van der Waals surface area contributed by atoms with E-state index in [1.807, 2.05) is 19.3 Å². The third-order valence-corrected chi connectivity index (χ3v) is 2.14. The van der Waals surface area contributed by atoms with Crippen LogP contribution in [0.5, 0.6) is 0 Å². The van der Waals surface area contributed by atoms with Gasteiger partial charge in [0, 0.05) is 11.6 Å². The summed E-state index contributed by atoms with van der Waals surface area (Å²) < 4.78 is 6.64. The van der Waals surface area contributed by atoms with E-state index in [1.54, 1.807) is 17.6 Å². The molecule has 16 heavy (non-hydrogen) atoms. The number of nitrogens with zero attached hydrogens (tertiary/aromatic N) is 2. The molecule has 0 amide bonds. The van der Waals surface area contributed by atoms with Crippen LogP contribution in [0.2, 0.25) is 0 Å². The molecular formula is C11H15N2O3+. The number of oxime groups is 1. The first kappa shape index (κ1) is 12.2. The summed E-state index contributed by atoms with van der Waals surface area (Å²) in [6.45, 7) is 2.13. The quantitative estimate of drug-likeness (QED) is 0.264. The molecule has 1 heterocycles. The highest BCUT2D eigenvalue weighted by Gasteiger charge is 2.14. The Balaban J connectivity index is 2.94. The first-order chi connectivity index (χ1) is 7.69. The summed E-state index contributed by atoms with van der Waals surface area (Å²) in [5.41, 5.74) is 1.44. The van der Waals surface area contributed by atoms with Crippen LogP contribution in [-0.4, -0.2) is 24.0 Å². The van der Waals surface area contributed by atoms with Crippen molar-refractivity contribution < 1.29 is 19.3 Å². The van der Waals surface area contributed by atoms with Gasteiger partial charge in [0.25, 0.3) is 0 Å². The maximum atomic E-state index is 11.3. The van der Waals surface area contributed by atoms with Crippen molar-refractivity contribution in [3.63, 3.8) is 0 Å². The van der Waals surface area contributed by atoms with Crippen LogP contribution in [0, 0.1) is 0 Å². The average molecular weight is 223 g/mol. The number of rotatable bonds is 4. The molecule has 0 radical (unpaired) electrons. The number of ether oxygens (including phenoxy) is 1. The van der Waals surface area contributed by atoms with Gasteiger partial charge >= 0.3 is 5.97 Å². The van der Waals surface area contributed by atoms with E-state index in [2.05, 4.69) is 5.16 Å². The first-order valence-corrected chi connectivity index (χ1v) is 4.99. The second-order valence-corrected chi connectivity index (χ2v) is 3.26. The number of hydrogen-bond acceptors (Lipinski definition) is 4. The van der Waals surface area contributed by atoms with Gasteiger partial charge in [0.1, 0.15) is 13.3 Å². The Bertz CT molecular complexity index is 402. The number of esters is 1. The standard InChI is InChI=1S/C11H14N2O3/c1-3-16-11(14)7-9-5-4-6-13(2)10(9)8-12-15/h4-6,8H,3,7H2,1-2H3/p+1. The molecule has 1 N–H and O–H groups in total. The van der Waals surface area contributed by atoms with Gasteiger partial charge in [-0.2, -0.15) is 4.57 Å². The molecule has 5 heteroatoms. The van der Waals surface area contributed by atoms with Crippen molar-refractivity contribution in [3.8, 4) is 0 Å². The second kappa shape index (κ2) is 5.85. The maximum absolute atomic E-state index is 11.3. The molecule has 0 aromatic carbocycles. The van der Waals surface area contributed by atoms with Crippen molar-refractivity contribution in [2.24, 2.45) is 12.2 Å². The van der Waals surface area contributed by atoms with E-state index in [0.717, 1.165) is 5.56 Å². The Morgan fingerprint density at radius 2 is 2.44 bits per heavy atom. The summed E-state index contributed by atoms with van der Waals surface area (Å²) in [6.07, 6.45) is 3.28. The predicted octanol–water partition coefficient (Wildman–Crippen LogP) is 0.425. The zero-order valence-electron chi connectivity index (χ0n) is 9.38. The Morgan fingerprint density at radius 3 is 3.06 bits per heavy atom. The maximum Gasteiger partial charge on any atom is 0.310 e. The molecule has 0 aliphatic heterocycles. The number of hydrogen-bond donors (Lipinski definition) is 1. The number of carbonyl (C=O) groups excluding carboxylic acids is 1. The Hall–Kier alpha value is -1.91. The van der Waals surface area contributed by atoms with E-state index in [4.69, 9.17) is 9.94 Å². The van der Waals surface area contributed by atoms with Gasteiger partial charge in [0.2, 0.25) is 5.69 Å². The summed E-state index contributed by atoms with van der Waals surface area (Å²) in [6, 6.07) is 3.62. The zero-order chi connectivity index (χ0) is 12.0. The zero-order valence-corrected chi connectivity index (χ0v) is 9.38. The molecule has 1 aromatic heterocycles. The summed E-state index contributed by atoms with van der Waals surface area (Å²) in [5.74, 6) is -0.290. The Labute approximate surface area is 94.0 Å². The van der Waals surface area contributed by atoms with Gasteiger partial charge in [-0.05, 0) is 13.0 Å². The molecule has 0 aliphatic carbocycles. The lowest BCUT2D eigenvalue weighted by molar-refractivity contribution is -0.672. The van der Waals surface area contributed by atoms with E-state index in [9.17, 15) is 4.79 Å². The summed E-state index contributed by atoms with van der Waals surface area (Å²) >= 11 is 0. The van der Waals surface area contributed by atoms with Gasteiger partial charge in [-0.25, -0.2) is 0 Å². The van der Waals surface area contributed by atoms with E-state index in [1.165, 1.54) is 6.21 Å². The molecule has 0 saturated heterocycles. The minimum Gasteiger partial charge on any atom is -0.466 e. The largest absolute Gasteiger partial charge is 0.466 e. The van der Waals surface area contributed by atoms with Crippen LogP contribution in [0.15, 0.2) is 23.5 Å². The molecule has 0 saturated carbocycles. The second-order valence-electron chi connectivity index (χ2n) is 3.26. The predicted molar refractivity (Wildman–Crippen MR) is 57.3 cm³/mol. The molecule has 0 unspecified atom stereocenters. The third-order valence-electron chi connectivity index (χ3n) is 2.14. The van der Waals surface area contributed by atoms with Crippen molar-refractivity contribution in [2.45, 2.75) is 13.3 Å². The minimum atomic E-state index is -0.290. The molecule has 86 valence electrons. The molecule has 0 atom stereocenters. The fraction of sp³-hybridized carbons (Fsp3) is 0.364. The molecular weight excluding hydrogens is 208 g/mol. The van der Waals surface area contributed by atoms with Crippen molar-refractivity contribution in [1.29, 1.82) is 0 Å². The van der Waals surface area contributed by atoms with Crippen molar-refractivity contribution >= 4 is 12.2 Å². The molecule has 0 spiro atoms. The third kappa shape index (κ3) is 3.05. The number of aromatic nitrogens is 1. The van der Waals surface area contributed by atoms with Gasteiger partial charge in [0.15, 0.2) is 6.20 Å². The van der Waals surface area contributed by atoms with Gasteiger partial charge < -0.3 is 9.94 Å². The molecule has 0 bridgehead atoms. The Kier molecular flexibility index (Phi) is 4.44. The van der Waals surface area contributed by atoms with Crippen LogP contribution in [0.25, 0.3) is 0 Å². The van der Waals surface area contributed by atoms with Gasteiger partial charge in [-0.1, -0.05) is 5.16 Å². The normalized spacial score (nSPS) is 10.6. The van der Waals surface area contributed by atoms with Crippen LogP contribution >= 0.6 is 0 Å². The highest BCUT2D eigenvalue weighted by molar-refractivity contribution is 5.80. The van der Waals surface area contributed by atoms with E-state index >= 15 is 0 Å². The number of carbonyl (C=O) groups is 1. The summed E-state index contributed by atoms with van der Waals surface area (Å²) in [7, 11) is 1.81. The average Bonchev–Trinajstić information content (AvgIpc) is 2.23. The highest BCUT2D eigenvalue weighted by Crippen LogP contribution is 2.03. The number of pyridine rings is 1. The molecule has 1 rings (SSSR count). The Morgan fingerprint density at radius 1 is 1.69 bits per heavy atom.